The van der Waals surface area contributed by atoms with Gasteiger partial charge in [-0.05, 0) is 49.6 Å². The van der Waals surface area contributed by atoms with Gasteiger partial charge in [0.25, 0.3) is 0 Å². The number of sulfonamides is 1. The smallest absolute Gasteiger partial charge is 0.248 e. The van der Waals surface area contributed by atoms with Crippen LogP contribution in [0.2, 0.25) is 5.02 Å². The van der Waals surface area contributed by atoms with E-state index in [0.29, 0.717) is 10.7 Å². The summed E-state index contributed by atoms with van der Waals surface area (Å²) in [5, 5.41) is 0.462. The number of amides is 1. The minimum absolute atomic E-state index is 0.0112. The molecule has 0 bridgehead atoms. The fourth-order valence-electron chi connectivity index (χ4n) is 3.28. The lowest BCUT2D eigenvalue weighted by Crippen LogP contribution is -2.45. The van der Waals surface area contributed by atoms with Gasteiger partial charge in [0.2, 0.25) is 15.9 Å². The van der Waals surface area contributed by atoms with Gasteiger partial charge < -0.3 is 4.90 Å². The molecule has 3 rings (SSSR count). The largest absolute Gasteiger partial charge is 0.307 e. The zero-order valence-corrected chi connectivity index (χ0v) is 16.5. The topological polar surface area (TPSA) is 57.7 Å². The van der Waals surface area contributed by atoms with Crippen LogP contribution in [0.15, 0.2) is 42.5 Å². The molecule has 2 aromatic rings. The summed E-state index contributed by atoms with van der Waals surface area (Å²) in [6.07, 6.45) is 1.85. The number of para-hydroxylation sites is 1. The predicted molar refractivity (Wildman–Crippen MR) is 105 cm³/mol. The fourth-order valence-corrected chi connectivity index (χ4v) is 4.30. The molecule has 1 atom stereocenters. The van der Waals surface area contributed by atoms with Crippen LogP contribution in [0.25, 0.3) is 0 Å². The summed E-state index contributed by atoms with van der Waals surface area (Å²) < 4.78 is 25.7. The van der Waals surface area contributed by atoms with Crippen LogP contribution >= 0.6 is 11.6 Å². The van der Waals surface area contributed by atoms with Gasteiger partial charge in [-0.3, -0.25) is 9.10 Å². The fraction of sp³-hybridized carbons (Fsp3) is 0.316. The predicted octanol–water partition coefficient (Wildman–Crippen LogP) is 3.39. The van der Waals surface area contributed by atoms with E-state index in [2.05, 4.69) is 0 Å². The number of aryl methyl sites for hydroxylation is 1. The SMILES string of the molecule is Cc1ccc(N(CC(=O)N2c3ccccc3C[C@@H]2C)S(C)(=O)=O)cc1Cl. The van der Waals surface area contributed by atoms with Crippen molar-refractivity contribution in [1.82, 2.24) is 0 Å². The van der Waals surface area contributed by atoms with E-state index in [9.17, 15) is 13.2 Å². The van der Waals surface area contributed by atoms with Crippen LogP contribution in [0.3, 0.4) is 0 Å². The van der Waals surface area contributed by atoms with E-state index in [4.69, 9.17) is 11.6 Å². The zero-order chi connectivity index (χ0) is 19.1. The van der Waals surface area contributed by atoms with Crippen molar-refractivity contribution in [2.24, 2.45) is 0 Å². The number of benzene rings is 2. The first-order valence-corrected chi connectivity index (χ1v) is 10.5. The van der Waals surface area contributed by atoms with Crippen LogP contribution in [-0.2, 0) is 21.2 Å². The monoisotopic (exact) mass is 392 g/mol. The molecule has 0 fully saturated rings. The van der Waals surface area contributed by atoms with Gasteiger partial charge in [-0.25, -0.2) is 8.42 Å². The first-order valence-electron chi connectivity index (χ1n) is 8.32. The number of carbonyl (C=O) groups is 1. The summed E-state index contributed by atoms with van der Waals surface area (Å²) in [5.74, 6) is -0.260. The van der Waals surface area contributed by atoms with E-state index < -0.39 is 10.0 Å². The zero-order valence-electron chi connectivity index (χ0n) is 14.9. The van der Waals surface area contributed by atoms with Crippen molar-refractivity contribution in [3.8, 4) is 0 Å². The number of hydrogen-bond acceptors (Lipinski definition) is 3. The Hall–Kier alpha value is -2.05. The van der Waals surface area contributed by atoms with E-state index in [1.165, 1.54) is 0 Å². The van der Waals surface area contributed by atoms with Crippen molar-refractivity contribution >= 4 is 38.9 Å². The number of hydrogen-bond donors (Lipinski definition) is 0. The van der Waals surface area contributed by atoms with Crippen LogP contribution in [-0.4, -0.2) is 33.2 Å². The summed E-state index contributed by atoms with van der Waals surface area (Å²) in [4.78, 5) is 14.7. The summed E-state index contributed by atoms with van der Waals surface area (Å²) >= 11 is 6.14. The van der Waals surface area contributed by atoms with Crippen molar-refractivity contribution in [2.45, 2.75) is 26.3 Å². The summed E-state index contributed by atoms with van der Waals surface area (Å²) in [7, 11) is -3.64. The first kappa shape index (κ1) is 18.7. The Labute approximate surface area is 159 Å². The van der Waals surface area contributed by atoms with Gasteiger partial charge in [-0.1, -0.05) is 35.9 Å². The highest BCUT2D eigenvalue weighted by atomic mass is 35.5. The van der Waals surface area contributed by atoms with E-state index in [0.717, 1.165) is 33.8 Å². The van der Waals surface area contributed by atoms with Gasteiger partial charge in [-0.15, -0.1) is 0 Å². The third-order valence-corrected chi connectivity index (χ3v) is 6.15. The quantitative estimate of drug-likeness (QED) is 0.801. The third-order valence-electron chi connectivity index (χ3n) is 4.60. The van der Waals surface area contributed by atoms with E-state index in [-0.39, 0.29) is 18.5 Å². The van der Waals surface area contributed by atoms with Crippen LogP contribution < -0.4 is 9.21 Å². The summed E-state index contributed by atoms with van der Waals surface area (Å²) in [6, 6.07) is 12.7. The number of rotatable bonds is 4. The van der Waals surface area contributed by atoms with Crippen molar-refractivity contribution in [1.29, 1.82) is 0 Å². The van der Waals surface area contributed by atoms with Crippen LogP contribution in [0, 0.1) is 6.92 Å². The van der Waals surface area contributed by atoms with E-state index in [1.807, 2.05) is 38.1 Å². The summed E-state index contributed by atoms with van der Waals surface area (Å²) in [6.45, 7) is 3.53. The highest BCUT2D eigenvalue weighted by Crippen LogP contribution is 2.32. The molecule has 1 aliphatic heterocycles. The van der Waals surface area contributed by atoms with Gasteiger partial charge in [0, 0.05) is 16.8 Å². The van der Waals surface area contributed by atoms with Gasteiger partial charge in [0.15, 0.2) is 0 Å². The van der Waals surface area contributed by atoms with E-state index in [1.54, 1.807) is 23.1 Å². The number of carbonyl (C=O) groups excluding carboxylic acids is 1. The number of anilines is 2. The molecule has 0 saturated carbocycles. The second-order valence-corrected chi connectivity index (χ2v) is 8.96. The number of nitrogens with zero attached hydrogens (tertiary/aromatic N) is 2. The maximum atomic E-state index is 13.0. The molecule has 0 spiro atoms. The molecular weight excluding hydrogens is 372 g/mol. The molecule has 138 valence electrons. The molecule has 0 aliphatic carbocycles. The lowest BCUT2D eigenvalue weighted by molar-refractivity contribution is -0.117. The van der Waals surface area contributed by atoms with Crippen LogP contribution in [0.1, 0.15) is 18.1 Å². The molecular formula is C19H21ClN2O3S. The lowest BCUT2D eigenvalue weighted by atomic mass is 10.1. The molecule has 0 saturated heterocycles. The van der Waals surface area contributed by atoms with Gasteiger partial charge in [0.05, 0.1) is 11.9 Å². The van der Waals surface area contributed by atoms with E-state index >= 15 is 0 Å². The van der Waals surface area contributed by atoms with Crippen LogP contribution in [0.4, 0.5) is 11.4 Å². The van der Waals surface area contributed by atoms with Gasteiger partial charge in [0.1, 0.15) is 6.54 Å². The normalized spacial score (nSPS) is 16.5. The maximum Gasteiger partial charge on any atom is 0.248 e. The summed E-state index contributed by atoms with van der Waals surface area (Å²) in [5.41, 5.74) is 3.17. The van der Waals surface area contributed by atoms with Crippen molar-refractivity contribution < 1.29 is 13.2 Å². The average Bonchev–Trinajstić information content (AvgIpc) is 2.90. The Morgan fingerprint density at radius 1 is 1.27 bits per heavy atom. The minimum atomic E-state index is -3.64. The molecule has 26 heavy (non-hydrogen) atoms. The lowest BCUT2D eigenvalue weighted by Gasteiger charge is -2.28. The molecule has 7 heteroatoms. The van der Waals surface area contributed by atoms with Crippen molar-refractivity contribution in [3.63, 3.8) is 0 Å². The number of fused-ring (bicyclic) bond motifs is 1. The standard InChI is InChI=1S/C19H21ClN2O3S/c1-13-8-9-16(11-17(13)20)21(26(3,24)25)12-19(23)22-14(2)10-15-6-4-5-7-18(15)22/h4-9,11,14H,10,12H2,1-3H3/t14-/m0/s1. The molecule has 1 amide bonds. The molecule has 1 heterocycles. The molecule has 1 aliphatic rings. The number of halogens is 1. The van der Waals surface area contributed by atoms with Crippen molar-refractivity contribution in [2.75, 3.05) is 22.0 Å². The average molecular weight is 393 g/mol. The first-order chi connectivity index (χ1) is 12.2. The Kier molecular flexibility index (Phi) is 4.99. The van der Waals surface area contributed by atoms with Crippen LogP contribution in [0.5, 0.6) is 0 Å². The highest BCUT2D eigenvalue weighted by Gasteiger charge is 2.33. The second-order valence-electron chi connectivity index (χ2n) is 6.65. The van der Waals surface area contributed by atoms with Gasteiger partial charge in [-0.2, -0.15) is 0 Å². The maximum absolute atomic E-state index is 13.0. The molecule has 0 N–H and O–H groups in total. The molecule has 2 aromatic carbocycles. The van der Waals surface area contributed by atoms with Crippen molar-refractivity contribution in [3.05, 3.63) is 58.6 Å². The molecule has 0 radical (unpaired) electrons. The molecule has 0 aromatic heterocycles. The molecule has 5 nitrogen and oxygen atoms in total. The second kappa shape index (κ2) is 6.93. The minimum Gasteiger partial charge on any atom is -0.307 e. The highest BCUT2D eigenvalue weighted by molar-refractivity contribution is 7.92. The Bertz CT molecular complexity index is 959. The van der Waals surface area contributed by atoms with Gasteiger partial charge >= 0.3 is 0 Å². The Morgan fingerprint density at radius 2 is 1.96 bits per heavy atom. The Morgan fingerprint density at radius 3 is 2.62 bits per heavy atom. The molecule has 0 unspecified atom stereocenters. The Balaban J connectivity index is 1.93. The third kappa shape index (κ3) is 3.57.